The van der Waals surface area contributed by atoms with Crippen molar-refractivity contribution in [3.63, 3.8) is 0 Å². The lowest BCUT2D eigenvalue weighted by Gasteiger charge is -2.68. The van der Waals surface area contributed by atoms with Gasteiger partial charge in [0.05, 0.1) is 0 Å². The third kappa shape index (κ3) is 2.05. The second-order valence-electron chi connectivity index (χ2n) is 9.29. The van der Waals surface area contributed by atoms with E-state index in [1.165, 1.54) is 19.3 Å². The van der Waals surface area contributed by atoms with Gasteiger partial charge in [0.1, 0.15) is 15.7 Å². The van der Waals surface area contributed by atoms with E-state index in [0.29, 0.717) is 5.25 Å². The quantitative estimate of drug-likeness (QED) is 0.599. The molecule has 0 spiro atoms. The Balaban J connectivity index is 1.95. The summed E-state index contributed by atoms with van der Waals surface area (Å²) in [6.07, 6.45) is 4.53. The number of hydrogen-bond acceptors (Lipinski definition) is 1. The fraction of sp³-hybridized carbons (Fsp3) is 1.00. The largest absolute Gasteiger partial charge is 0.176 e. The van der Waals surface area contributed by atoms with E-state index in [2.05, 4.69) is 43.4 Å². The molecule has 0 aliphatic heterocycles. The number of rotatable bonds is 3. The highest BCUT2D eigenvalue weighted by Crippen LogP contribution is 2.73. The Morgan fingerprint density at radius 3 is 2.15 bits per heavy atom. The van der Waals surface area contributed by atoms with Gasteiger partial charge in [0.25, 0.3) is 0 Å². The maximum atomic E-state index is 4.96. The van der Waals surface area contributed by atoms with Gasteiger partial charge in [0, 0.05) is 5.25 Å². The molecule has 3 heteroatoms. The highest BCUT2D eigenvalue weighted by atomic mass is 32.1. The summed E-state index contributed by atoms with van der Waals surface area (Å²) in [5.41, 5.74) is 0.726. The van der Waals surface area contributed by atoms with Crippen molar-refractivity contribution < 1.29 is 0 Å². The summed E-state index contributed by atoms with van der Waals surface area (Å²) in [6.45, 7) is 9.86. The van der Waals surface area contributed by atoms with Gasteiger partial charge in [-0.1, -0.05) is 39.3 Å². The molecule has 112 valence electrons. The van der Waals surface area contributed by atoms with Crippen molar-refractivity contribution in [1.82, 2.24) is 0 Å². The Morgan fingerprint density at radius 1 is 1.05 bits per heavy atom. The Bertz CT molecular complexity index is 381. The normalized spacial score (nSPS) is 54.6. The average Bonchev–Trinajstić information content (AvgIpc) is 2.34. The maximum absolute atomic E-state index is 4.96. The number of hydrogen-bond donors (Lipinski definition) is 1. The maximum Gasteiger partial charge on any atom is 0.105 e. The predicted molar refractivity (Wildman–Crippen MR) is 97.3 cm³/mol. The SMILES string of the molecule is BC(C)C1CC2CC3(C)CC(C(C(C)S)C1C(B)C)C23. The van der Waals surface area contributed by atoms with E-state index in [4.69, 9.17) is 12.6 Å². The first-order valence-electron chi connectivity index (χ1n) is 8.94. The molecule has 20 heavy (non-hydrogen) atoms. The third-order valence-electron chi connectivity index (χ3n) is 7.40. The second kappa shape index (κ2) is 5.00. The van der Waals surface area contributed by atoms with Gasteiger partial charge in [-0.15, -0.1) is 0 Å². The van der Waals surface area contributed by atoms with Crippen molar-refractivity contribution in [2.75, 3.05) is 0 Å². The number of thiol groups is 1. The standard InChI is InChI=1S/C17H32B2S/c1-8(18)12-5-11-6-17(4)7-13(16(11)17)15(10(3)20)14(12)9(2)19/h8-16,20H,5-7,18-19H2,1-4H3. The van der Waals surface area contributed by atoms with Crippen molar-refractivity contribution in [2.24, 2.45) is 40.9 Å². The lowest BCUT2D eigenvalue weighted by Crippen LogP contribution is -2.61. The fourth-order valence-corrected chi connectivity index (χ4v) is 7.30. The molecular weight excluding hydrogens is 258 g/mol. The van der Waals surface area contributed by atoms with Crippen molar-refractivity contribution in [2.45, 2.75) is 63.8 Å². The minimum Gasteiger partial charge on any atom is -0.176 e. The van der Waals surface area contributed by atoms with Crippen LogP contribution in [0.3, 0.4) is 0 Å². The summed E-state index contributed by atoms with van der Waals surface area (Å²) in [7, 11) is 4.93. The van der Waals surface area contributed by atoms with Gasteiger partial charge < -0.3 is 0 Å². The molecule has 3 aliphatic carbocycles. The van der Waals surface area contributed by atoms with Crippen molar-refractivity contribution in [3.8, 4) is 0 Å². The second-order valence-corrected chi connectivity index (χ2v) is 10.1. The van der Waals surface area contributed by atoms with E-state index in [1.54, 1.807) is 0 Å². The summed E-state index contributed by atoms with van der Waals surface area (Å²) in [6, 6.07) is 0. The Kier molecular flexibility index (Phi) is 3.84. The van der Waals surface area contributed by atoms with E-state index in [0.717, 1.165) is 52.6 Å². The van der Waals surface area contributed by atoms with Gasteiger partial charge in [-0.05, 0) is 60.2 Å². The molecule has 0 N–H and O–H groups in total. The molecule has 3 aliphatic rings. The highest BCUT2D eigenvalue weighted by Gasteiger charge is 2.66. The summed E-state index contributed by atoms with van der Waals surface area (Å²) >= 11 is 4.96. The lowest BCUT2D eigenvalue weighted by molar-refractivity contribution is -0.187. The Labute approximate surface area is 133 Å². The van der Waals surface area contributed by atoms with Gasteiger partial charge >= 0.3 is 0 Å². The molecule has 0 radical (unpaired) electrons. The molecule has 0 nitrogen and oxygen atoms in total. The molecule has 0 amide bonds. The molecule has 0 aromatic heterocycles. The third-order valence-corrected chi connectivity index (χ3v) is 7.74. The molecular formula is C17H32B2S. The van der Waals surface area contributed by atoms with Gasteiger partial charge in [-0.2, -0.15) is 12.6 Å². The minimum atomic E-state index is 0.567. The van der Waals surface area contributed by atoms with Gasteiger partial charge in [0.2, 0.25) is 0 Å². The Hall–Kier alpha value is 0.480. The van der Waals surface area contributed by atoms with Crippen LogP contribution in [0.4, 0.5) is 0 Å². The van der Waals surface area contributed by atoms with Crippen LogP contribution in [0.5, 0.6) is 0 Å². The van der Waals surface area contributed by atoms with E-state index < -0.39 is 0 Å². The highest BCUT2D eigenvalue weighted by molar-refractivity contribution is 7.80. The molecule has 10 unspecified atom stereocenters. The molecule has 3 saturated carbocycles. The summed E-state index contributed by atoms with van der Waals surface area (Å²) in [4.78, 5) is 0. The molecule has 10 atom stereocenters. The van der Waals surface area contributed by atoms with Gasteiger partial charge in [-0.25, -0.2) is 0 Å². The molecule has 3 rings (SSSR count). The van der Waals surface area contributed by atoms with Crippen LogP contribution in [0.25, 0.3) is 0 Å². The molecule has 0 aromatic rings. The summed E-state index contributed by atoms with van der Waals surface area (Å²) < 4.78 is 0. The van der Waals surface area contributed by atoms with Gasteiger partial charge in [0.15, 0.2) is 0 Å². The topological polar surface area (TPSA) is 0 Å². The van der Waals surface area contributed by atoms with E-state index in [9.17, 15) is 0 Å². The summed E-state index contributed by atoms with van der Waals surface area (Å²) in [5.74, 6) is 7.40. The van der Waals surface area contributed by atoms with Crippen molar-refractivity contribution in [1.29, 1.82) is 0 Å². The fourth-order valence-electron chi connectivity index (χ4n) is 6.88. The van der Waals surface area contributed by atoms with E-state index in [-0.39, 0.29) is 0 Å². The van der Waals surface area contributed by atoms with Crippen LogP contribution in [-0.4, -0.2) is 20.9 Å². The van der Waals surface area contributed by atoms with Crippen LogP contribution in [0.15, 0.2) is 0 Å². The summed E-state index contributed by atoms with van der Waals surface area (Å²) in [5, 5.41) is 0.567. The molecule has 0 heterocycles. The van der Waals surface area contributed by atoms with Crippen LogP contribution in [0.2, 0.25) is 11.6 Å². The molecule has 0 saturated heterocycles. The molecule has 3 fully saturated rings. The zero-order valence-electron chi connectivity index (χ0n) is 14.3. The lowest BCUT2D eigenvalue weighted by atomic mass is 9.37. The van der Waals surface area contributed by atoms with Crippen LogP contribution < -0.4 is 0 Å². The van der Waals surface area contributed by atoms with Crippen molar-refractivity contribution in [3.05, 3.63) is 0 Å². The first-order valence-corrected chi connectivity index (χ1v) is 9.46. The monoisotopic (exact) mass is 290 g/mol. The van der Waals surface area contributed by atoms with E-state index in [1.807, 2.05) is 0 Å². The Morgan fingerprint density at radius 2 is 1.70 bits per heavy atom. The zero-order valence-corrected chi connectivity index (χ0v) is 15.2. The molecule has 0 aromatic carbocycles. The van der Waals surface area contributed by atoms with Crippen LogP contribution in [-0.2, 0) is 0 Å². The average molecular weight is 290 g/mol. The van der Waals surface area contributed by atoms with Gasteiger partial charge in [-0.3, -0.25) is 0 Å². The van der Waals surface area contributed by atoms with Crippen LogP contribution in [0, 0.1) is 40.9 Å². The first kappa shape index (κ1) is 15.4. The first-order chi connectivity index (χ1) is 9.26. The predicted octanol–water partition coefficient (Wildman–Crippen LogP) is 3.10. The van der Waals surface area contributed by atoms with Crippen molar-refractivity contribution >= 4 is 28.3 Å². The minimum absolute atomic E-state index is 0.567. The van der Waals surface area contributed by atoms with E-state index >= 15 is 0 Å². The van der Waals surface area contributed by atoms with Crippen LogP contribution >= 0.6 is 12.6 Å². The zero-order chi connectivity index (χ0) is 14.8. The van der Waals surface area contributed by atoms with Crippen LogP contribution in [0.1, 0.15) is 47.0 Å². The smallest absolute Gasteiger partial charge is 0.105 e. The molecule has 0 bridgehead atoms.